The summed E-state index contributed by atoms with van der Waals surface area (Å²) in [6, 6.07) is 3.59. The van der Waals surface area contributed by atoms with Gasteiger partial charge in [-0.05, 0) is 13.0 Å². The third-order valence-electron chi connectivity index (χ3n) is 4.83. The molecule has 0 heterocycles. The molecule has 0 spiro atoms. The number of benzene rings is 2. The Morgan fingerprint density at radius 2 is 1.67 bits per heavy atom. The van der Waals surface area contributed by atoms with Crippen molar-refractivity contribution in [1.29, 1.82) is 0 Å². The molecule has 0 saturated carbocycles. The molecule has 0 aromatic heterocycles. The van der Waals surface area contributed by atoms with E-state index in [4.69, 9.17) is 40.0 Å². The average molecular weight is 528 g/mol. The summed E-state index contributed by atoms with van der Waals surface area (Å²) in [4.78, 5) is 24.9. The predicted octanol–water partition coefficient (Wildman–Crippen LogP) is 3.86. The van der Waals surface area contributed by atoms with Gasteiger partial charge in [-0.1, -0.05) is 18.5 Å². The minimum atomic E-state index is -0.869. The van der Waals surface area contributed by atoms with Gasteiger partial charge in [0.15, 0.2) is 30.8 Å². The molecule has 12 heteroatoms. The predicted molar refractivity (Wildman–Crippen MR) is 130 cm³/mol. The van der Waals surface area contributed by atoms with Crippen LogP contribution in [0.3, 0.4) is 0 Å². The van der Waals surface area contributed by atoms with E-state index in [0.29, 0.717) is 11.3 Å². The summed E-state index contributed by atoms with van der Waals surface area (Å²) < 4.78 is 32.5. The van der Waals surface area contributed by atoms with E-state index in [1.807, 2.05) is 0 Å². The molecule has 0 aliphatic heterocycles. The molecule has 0 aliphatic rings. The fraction of sp³-hybridized carbons (Fsp3) is 0.417. The van der Waals surface area contributed by atoms with Gasteiger partial charge in [-0.3, -0.25) is 4.79 Å². The van der Waals surface area contributed by atoms with Crippen molar-refractivity contribution in [2.24, 2.45) is 0 Å². The van der Waals surface area contributed by atoms with Gasteiger partial charge >= 0.3 is 5.97 Å². The first kappa shape index (κ1) is 28.8. The molecule has 0 bridgehead atoms. The molecule has 0 aliphatic carbocycles. The summed E-state index contributed by atoms with van der Waals surface area (Å²) in [5.41, 5.74) is 0.491. The van der Waals surface area contributed by atoms with Crippen LogP contribution in [-0.2, 0) is 25.4 Å². The molecular formula is C24H30ClNO10. The van der Waals surface area contributed by atoms with E-state index in [2.05, 4.69) is 5.32 Å². The van der Waals surface area contributed by atoms with Crippen molar-refractivity contribution in [3.63, 3.8) is 0 Å². The van der Waals surface area contributed by atoms with Crippen LogP contribution >= 0.6 is 11.6 Å². The molecule has 0 fully saturated rings. The highest BCUT2D eigenvalue weighted by molar-refractivity contribution is 6.32. The van der Waals surface area contributed by atoms with Crippen LogP contribution in [0, 0.1) is 0 Å². The topological polar surface area (TPSA) is 142 Å². The number of aromatic hydroxyl groups is 2. The summed E-state index contributed by atoms with van der Waals surface area (Å²) in [6.45, 7) is 3.08. The quantitative estimate of drug-likeness (QED) is 0.259. The number of hydrogen-bond donors (Lipinski definition) is 3. The maximum Gasteiger partial charge on any atom is 0.342 e. The van der Waals surface area contributed by atoms with Gasteiger partial charge in [-0.2, -0.15) is 0 Å². The van der Waals surface area contributed by atoms with Crippen LogP contribution < -0.4 is 19.5 Å². The number of hydrogen-bond acceptors (Lipinski definition) is 10. The molecular weight excluding hydrogens is 498 g/mol. The molecule has 2 aromatic carbocycles. The van der Waals surface area contributed by atoms with Crippen molar-refractivity contribution in [1.82, 2.24) is 0 Å². The first-order valence-corrected chi connectivity index (χ1v) is 11.2. The van der Waals surface area contributed by atoms with Crippen molar-refractivity contribution < 1.29 is 48.2 Å². The van der Waals surface area contributed by atoms with Gasteiger partial charge in [-0.25, -0.2) is 4.79 Å². The Kier molecular flexibility index (Phi) is 10.9. The number of phenols is 2. The minimum absolute atomic E-state index is 0.0553. The number of nitrogens with one attached hydrogen (secondary N) is 1. The molecule has 198 valence electrons. The van der Waals surface area contributed by atoms with Gasteiger partial charge in [0.1, 0.15) is 23.2 Å². The highest BCUT2D eigenvalue weighted by Gasteiger charge is 2.26. The third kappa shape index (κ3) is 7.30. The second-order valence-corrected chi connectivity index (χ2v) is 7.91. The van der Waals surface area contributed by atoms with E-state index in [1.165, 1.54) is 27.4 Å². The fourth-order valence-corrected chi connectivity index (χ4v) is 3.38. The number of rotatable bonds is 13. The molecule has 1 atom stereocenters. The SMILES string of the molecule is CCC(=O)Nc1cc(OCOC)c(OC)c(CC(C)OC(=O)c2cc(Cl)c(O)cc2O)c1OCOC. The van der Waals surface area contributed by atoms with Crippen molar-refractivity contribution in [3.8, 4) is 28.7 Å². The molecule has 2 rings (SSSR count). The number of carbonyl (C=O) groups excluding carboxylic acids is 2. The molecule has 0 saturated heterocycles. The molecule has 1 unspecified atom stereocenters. The zero-order valence-corrected chi connectivity index (χ0v) is 21.4. The smallest absolute Gasteiger partial charge is 0.342 e. The summed E-state index contributed by atoms with van der Waals surface area (Å²) in [7, 11) is 4.32. The maximum atomic E-state index is 12.7. The number of methoxy groups -OCH3 is 3. The molecule has 0 radical (unpaired) electrons. The number of esters is 1. The van der Waals surface area contributed by atoms with E-state index in [9.17, 15) is 19.8 Å². The van der Waals surface area contributed by atoms with E-state index >= 15 is 0 Å². The number of halogens is 1. The van der Waals surface area contributed by atoms with Crippen molar-refractivity contribution in [2.75, 3.05) is 40.2 Å². The summed E-state index contributed by atoms with van der Waals surface area (Å²) in [5.74, 6) is -1.25. The average Bonchev–Trinajstić information content (AvgIpc) is 2.84. The zero-order valence-electron chi connectivity index (χ0n) is 20.7. The fourth-order valence-electron chi connectivity index (χ4n) is 3.22. The summed E-state index contributed by atoms with van der Waals surface area (Å²) >= 11 is 5.86. The van der Waals surface area contributed by atoms with Crippen LogP contribution in [0.1, 0.15) is 36.2 Å². The van der Waals surface area contributed by atoms with Crippen LogP contribution in [0.25, 0.3) is 0 Å². The Hall–Kier alpha value is -3.41. The van der Waals surface area contributed by atoms with Gasteiger partial charge in [0.2, 0.25) is 5.91 Å². The lowest BCUT2D eigenvalue weighted by molar-refractivity contribution is -0.115. The Labute approximate surface area is 213 Å². The second-order valence-electron chi connectivity index (χ2n) is 7.51. The molecule has 36 heavy (non-hydrogen) atoms. The van der Waals surface area contributed by atoms with Crippen LogP contribution in [0.4, 0.5) is 5.69 Å². The first-order chi connectivity index (χ1) is 17.2. The van der Waals surface area contributed by atoms with Crippen molar-refractivity contribution in [3.05, 3.63) is 34.3 Å². The van der Waals surface area contributed by atoms with E-state index in [-0.39, 0.29) is 65.9 Å². The van der Waals surface area contributed by atoms with Crippen LogP contribution in [0.2, 0.25) is 5.02 Å². The lowest BCUT2D eigenvalue weighted by atomic mass is 10.0. The first-order valence-electron chi connectivity index (χ1n) is 10.9. The highest BCUT2D eigenvalue weighted by atomic mass is 35.5. The molecule has 3 N–H and O–H groups in total. The van der Waals surface area contributed by atoms with Gasteiger partial charge in [0.25, 0.3) is 0 Å². The Balaban J connectivity index is 2.48. The van der Waals surface area contributed by atoms with Gasteiger partial charge in [0, 0.05) is 44.8 Å². The second kappa shape index (κ2) is 13.6. The minimum Gasteiger partial charge on any atom is -0.507 e. The summed E-state index contributed by atoms with van der Waals surface area (Å²) in [6.07, 6.45) is -0.512. The molecule has 2 aromatic rings. The lowest BCUT2D eigenvalue weighted by Crippen LogP contribution is -2.20. The lowest BCUT2D eigenvalue weighted by Gasteiger charge is -2.23. The van der Waals surface area contributed by atoms with Gasteiger partial charge < -0.3 is 44.0 Å². The van der Waals surface area contributed by atoms with Crippen LogP contribution in [-0.4, -0.2) is 63.1 Å². The van der Waals surface area contributed by atoms with Crippen molar-refractivity contribution in [2.45, 2.75) is 32.8 Å². The summed E-state index contributed by atoms with van der Waals surface area (Å²) in [5, 5.41) is 22.3. The number of anilines is 1. The standard InChI is InChI=1S/C24H30ClNO10/c1-6-21(29)26-17-9-20(34-11-31-3)23(33-5)15(22(17)35-12-32-4)7-13(2)36-24(30)14-8-16(25)19(28)10-18(14)27/h8-10,13,27-28H,6-7,11-12H2,1-5H3,(H,26,29). The van der Waals surface area contributed by atoms with E-state index < -0.39 is 17.8 Å². The van der Waals surface area contributed by atoms with Gasteiger partial charge in [-0.15, -0.1) is 0 Å². The Morgan fingerprint density at radius 1 is 1.00 bits per heavy atom. The monoisotopic (exact) mass is 527 g/mol. The number of phenolic OH excluding ortho intramolecular Hbond substituents is 2. The number of ether oxygens (including phenoxy) is 6. The largest absolute Gasteiger partial charge is 0.507 e. The Morgan fingerprint density at radius 3 is 2.28 bits per heavy atom. The number of amides is 1. The molecule has 1 amide bonds. The zero-order chi connectivity index (χ0) is 26.8. The van der Waals surface area contributed by atoms with Crippen LogP contribution in [0.15, 0.2) is 18.2 Å². The van der Waals surface area contributed by atoms with Gasteiger partial charge in [0.05, 0.1) is 17.8 Å². The van der Waals surface area contributed by atoms with E-state index in [1.54, 1.807) is 13.8 Å². The third-order valence-corrected chi connectivity index (χ3v) is 5.13. The highest BCUT2D eigenvalue weighted by Crippen LogP contribution is 2.44. The van der Waals surface area contributed by atoms with Crippen LogP contribution in [0.5, 0.6) is 28.7 Å². The van der Waals surface area contributed by atoms with Crippen molar-refractivity contribution >= 4 is 29.2 Å². The Bertz CT molecular complexity index is 1080. The van der Waals surface area contributed by atoms with E-state index in [0.717, 1.165) is 12.1 Å². The maximum absolute atomic E-state index is 12.7. The molecule has 11 nitrogen and oxygen atoms in total. The normalized spacial score (nSPS) is 11.5. The number of carbonyl (C=O) groups is 2.